The molecule has 1 unspecified atom stereocenters. The molecule has 1 saturated heterocycles. The van der Waals surface area contributed by atoms with Gasteiger partial charge in [0.05, 0.1) is 0 Å². The second-order valence-electron chi connectivity index (χ2n) is 4.55. The van der Waals surface area contributed by atoms with Crippen LogP contribution in [0.4, 0.5) is 0 Å². The monoisotopic (exact) mass is 272 g/mol. The lowest BCUT2D eigenvalue weighted by atomic mass is 10.1. The summed E-state index contributed by atoms with van der Waals surface area (Å²) in [4.78, 5) is 23.1. The summed E-state index contributed by atoms with van der Waals surface area (Å²) in [6, 6.07) is 6.84. The van der Waals surface area contributed by atoms with Gasteiger partial charge in [0, 0.05) is 30.1 Å². The Morgan fingerprint density at radius 1 is 1.40 bits per heavy atom. The number of hydrogen-bond acceptors (Lipinski definition) is 3. The Labute approximate surface area is 117 Å². The van der Waals surface area contributed by atoms with Gasteiger partial charge in [-0.25, -0.2) is 0 Å². The van der Waals surface area contributed by atoms with Gasteiger partial charge in [0.1, 0.15) is 6.61 Å². The van der Waals surface area contributed by atoms with Gasteiger partial charge in [0.15, 0.2) is 0 Å². The van der Waals surface area contributed by atoms with Gasteiger partial charge in [0.2, 0.25) is 5.91 Å². The van der Waals surface area contributed by atoms with E-state index in [1.807, 2.05) is 0 Å². The highest BCUT2D eigenvalue weighted by Gasteiger charge is 2.19. The van der Waals surface area contributed by atoms with Crippen LogP contribution in [0.5, 0.6) is 0 Å². The number of amides is 2. The molecular formula is C15H16N2O3. The first-order valence-corrected chi connectivity index (χ1v) is 6.46. The summed E-state index contributed by atoms with van der Waals surface area (Å²) < 4.78 is 0. The van der Waals surface area contributed by atoms with E-state index >= 15 is 0 Å². The zero-order valence-electron chi connectivity index (χ0n) is 11.0. The van der Waals surface area contributed by atoms with Gasteiger partial charge in [-0.05, 0) is 30.7 Å². The van der Waals surface area contributed by atoms with E-state index in [1.165, 1.54) is 0 Å². The zero-order valence-corrected chi connectivity index (χ0v) is 11.0. The van der Waals surface area contributed by atoms with Crippen molar-refractivity contribution in [3.8, 4) is 11.8 Å². The second kappa shape index (κ2) is 6.73. The fraction of sp³-hybridized carbons (Fsp3) is 0.333. The number of aliphatic hydroxyl groups is 1. The van der Waals surface area contributed by atoms with Crippen LogP contribution in [-0.2, 0) is 4.79 Å². The van der Waals surface area contributed by atoms with Gasteiger partial charge in [-0.15, -0.1) is 0 Å². The fourth-order valence-electron chi connectivity index (χ4n) is 1.97. The van der Waals surface area contributed by atoms with E-state index in [4.69, 9.17) is 5.11 Å². The minimum absolute atomic E-state index is 0.0194. The number of carbonyl (C=O) groups excluding carboxylic acids is 2. The Morgan fingerprint density at radius 3 is 2.75 bits per heavy atom. The third kappa shape index (κ3) is 3.84. The van der Waals surface area contributed by atoms with Crippen molar-refractivity contribution >= 4 is 11.8 Å². The Balaban J connectivity index is 1.93. The highest BCUT2D eigenvalue weighted by Crippen LogP contribution is 2.07. The molecule has 3 N–H and O–H groups in total. The van der Waals surface area contributed by atoms with Crippen LogP contribution in [0.1, 0.15) is 28.8 Å². The molecule has 2 amide bonds. The first-order chi connectivity index (χ1) is 9.69. The summed E-state index contributed by atoms with van der Waals surface area (Å²) in [5.74, 6) is 5.19. The number of benzene rings is 1. The maximum absolute atomic E-state index is 12.0. The molecule has 1 aliphatic rings. The van der Waals surface area contributed by atoms with Crippen molar-refractivity contribution in [2.24, 2.45) is 0 Å². The summed E-state index contributed by atoms with van der Waals surface area (Å²) in [7, 11) is 0. The highest BCUT2D eigenvalue weighted by atomic mass is 16.2. The van der Waals surface area contributed by atoms with Crippen LogP contribution >= 0.6 is 0 Å². The van der Waals surface area contributed by atoms with Gasteiger partial charge < -0.3 is 15.7 Å². The molecule has 1 atom stereocenters. The standard InChI is InChI=1S/C15H16N2O3/c18-9-1-2-11-3-5-12(6-4-11)15(20)17-13-7-8-14(19)16-10-13/h3-6,13,18H,7-10H2,(H,16,19)(H,17,20). The normalized spacial score (nSPS) is 17.6. The fourth-order valence-corrected chi connectivity index (χ4v) is 1.97. The van der Waals surface area contributed by atoms with Crippen LogP contribution in [-0.4, -0.2) is 36.1 Å². The molecule has 1 heterocycles. The molecule has 5 nitrogen and oxygen atoms in total. The summed E-state index contributed by atoms with van der Waals surface area (Å²) in [5, 5.41) is 14.2. The van der Waals surface area contributed by atoms with Crippen LogP contribution in [0.25, 0.3) is 0 Å². The second-order valence-corrected chi connectivity index (χ2v) is 4.55. The van der Waals surface area contributed by atoms with Crippen LogP contribution in [0.2, 0.25) is 0 Å². The number of nitrogens with one attached hydrogen (secondary N) is 2. The maximum Gasteiger partial charge on any atom is 0.251 e. The summed E-state index contributed by atoms with van der Waals surface area (Å²) in [5.41, 5.74) is 1.30. The summed E-state index contributed by atoms with van der Waals surface area (Å²) in [6.07, 6.45) is 1.11. The summed E-state index contributed by atoms with van der Waals surface area (Å²) in [6.45, 7) is 0.292. The Hall–Kier alpha value is -2.32. The van der Waals surface area contributed by atoms with Crippen molar-refractivity contribution in [2.45, 2.75) is 18.9 Å². The molecule has 5 heteroatoms. The third-order valence-electron chi connectivity index (χ3n) is 3.06. The molecule has 104 valence electrons. The van der Waals surface area contributed by atoms with Gasteiger partial charge in [-0.1, -0.05) is 11.8 Å². The highest BCUT2D eigenvalue weighted by molar-refractivity contribution is 5.94. The van der Waals surface area contributed by atoms with E-state index in [0.29, 0.717) is 24.9 Å². The first-order valence-electron chi connectivity index (χ1n) is 6.46. The molecule has 20 heavy (non-hydrogen) atoms. The lowest BCUT2D eigenvalue weighted by molar-refractivity contribution is -0.122. The predicted octanol–water partition coefficient (Wildman–Crippen LogP) is 0.0388. The van der Waals surface area contributed by atoms with Crippen LogP contribution in [0.3, 0.4) is 0 Å². The minimum atomic E-state index is -0.185. The number of hydrogen-bond donors (Lipinski definition) is 3. The minimum Gasteiger partial charge on any atom is -0.384 e. The quantitative estimate of drug-likeness (QED) is 0.665. The van der Waals surface area contributed by atoms with E-state index in [0.717, 1.165) is 5.56 Å². The number of rotatable bonds is 2. The third-order valence-corrected chi connectivity index (χ3v) is 3.06. The van der Waals surface area contributed by atoms with Crippen molar-refractivity contribution in [3.05, 3.63) is 35.4 Å². The average molecular weight is 272 g/mol. The first kappa shape index (κ1) is 14.1. The number of aliphatic hydroxyl groups excluding tert-OH is 1. The molecule has 0 radical (unpaired) electrons. The predicted molar refractivity (Wildman–Crippen MR) is 73.9 cm³/mol. The largest absolute Gasteiger partial charge is 0.384 e. The molecule has 0 saturated carbocycles. The van der Waals surface area contributed by atoms with Crippen LogP contribution in [0, 0.1) is 11.8 Å². The van der Waals surface area contributed by atoms with Gasteiger partial charge in [-0.3, -0.25) is 9.59 Å². The molecule has 0 aromatic heterocycles. The van der Waals surface area contributed by atoms with E-state index in [2.05, 4.69) is 22.5 Å². The van der Waals surface area contributed by atoms with Crippen LogP contribution in [0.15, 0.2) is 24.3 Å². The lowest BCUT2D eigenvalue weighted by Crippen LogP contribution is -2.47. The van der Waals surface area contributed by atoms with Gasteiger partial charge in [0.25, 0.3) is 5.91 Å². The molecule has 0 aliphatic carbocycles. The molecule has 1 aromatic carbocycles. The van der Waals surface area contributed by atoms with Crippen molar-refractivity contribution in [2.75, 3.05) is 13.2 Å². The van der Waals surface area contributed by atoms with E-state index < -0.39 is 0 Å². The topological polar surface area (TPSA) is 78.4 Å². The van der Waals surface area contributed by atoms with E-state index in [9.17, 15) is 9.59 Å². The van der Waals surface area contributed by atoms with E-state index in [1.54, 1.807) is 24.3 Å². The van der Waals surface area contributed by atoms with Crippen molar-refractivity contribution in [3.63, 3.8) is 0 Å². The molecule has 1 fully saturated rings. The molecule has 1 aliphatic heterocycles. The number of carbonyl (C=O) groups is 2. The lowest BCUT2D eigenvalue weighted by Gasteiger charge is -2.23. The Morgan fingerprint density at radius 2 is 2.15 bits per heavy atom. The van der Waals surface area contributed by atoms with Crippen LogP contribution < -0.4 is 10.6 Å². The van der Waals surface area contributed by atoms with Crippen molar-refractivity contribution in [1.82, 2.24) is 10.6 Å². The van der Waals surface area contributed by atoms with E-state index in [-0.39, 0.29) is 24.5 Å². The van der Waals surface area contributed by atoms with Crippen molar-refractivity contribution in [1.29, 1.82) is 0 Å². The molecule has 1 aromatic rings. The summed E-state index contributed by atoms with van der Waals surface area (Å²) >= 11 is 0. The molecule has 2 rings (SSSR count). The SMILES string of the molecule is O=C1CCC(NC(=O)c2ccc(C#CCO)cc2)CN1. The Kier molecular flexibility index (Phi) is 4.75. The number of piperidine rings is 1. The smallest absolute Gasteiger partial charge is 0.251 e. The zero-order chi connectivity index (χ0) is 14.4. The maximum atomic E-state index is 12.0. The molecular weight excluding hydrogens is 256 g/mol. The van der Waals surface area contributed by atoms with Gasteiger partial charge >= 0.3 is 0 Å². The van der Waals surface area contributed by atoms with Crippen molar-refractivity contribution < 1.29 is 14.7 Å². The molecule has 0 bridgehead atoms. The molecule has 0 spiro atoms. The Bertz CT molecular complexity index is 545. The van der Waals surface area contributed by atoms with Gasteiger partial charge in [-0.2, -0.15) is 0 Å². The average Bonchev–Trinajstić information content (AvgIpc) is 2.48.